The van der Waals surface area contributed by atoms with Crippen molar-refractivity contribution in [3.8, 4) is 0 Å². The first-order valence-corrected chi connectivity index (χ1v) is 7.03. The summed E-state index contributed by atoms with van der Waals surface area (Å²) in [5.41, 5.74) is 1.93. The molecule has 0 heterocycles. The minimum Gasteiger partial charge on any atom is -0.385 e. The van der Waals surface area contributed by atoms with Crippen molar-refractivity contribution in [2.75, 3.05) is 11.9 Å². The van der Waals surface area contributed by atoms with E-state index in [9.17, 15) is 9.59 Å². The lowest BCUT2D eigenvalue weighted by atomic mass is 10.1. The molecule has 0 radical (unpaired) electrons. The molecule has 6 heteroatoms. The van der Waals surface area contributed by atoms with Crippen LogP contribution in [0.4, 0.5) is 5.69 Å². The van der Waals surface area contributed by atoms with E-state index in [1.54, 1.807) is 19.1 Å². The lowest BCUT2D eigenvalue weighted by Crippen LogP contribution is -2.42. The quantitative estimate of drug-likeness (QED) is 0.647. The minimum absolute atomic E-state index is 0.119. The van der Waals surface area contributed by atoms with Crippen LogP contribution in [0.5, 0.6) is 0 Å². The van der Waals surface area contributed by atoms with E-state index in [1.807, 2.05) is 32.9 Å². The molecule has 0 aliphatic rings. The van der Waals surface area contributed by atoms with Crippen molar-refractivity contribution in [2.45, 2.75) is 40.2 Å². The Morgan fingerprint density at radius 3 is 2.23 bits per heavy atom. The number of hydrogen-bond acceptors (Lipinski definition) is 4. The Bertz CT molecular complexity index is 557. The lowest BCUT2D eigenvalue weighted by Gasteiger charge is -2.19. The highest BCUT2D eigenvalue weighted by Crippen LogP contribution is 2.10. The van der Waals surface area contributed by atoms with Gasteiger partial charge >= 0.3 is 0 Å². The molecule has 1 aromatic carbocycles. The molecule has 0 saturated heterocycles. The van der Waals surface area contributed by atoms with Gasteiger partial charge in [0, 0.05) is 18.2 Å². The Hall–Kier alpha value is -2.37. The first-order chi connectivity index (χ1) is 10.2. The Labute approximate surface area is 130 Å². The molecule has 0 aliphatic heterocycles. The van der Waals surface area contributed by atoms with Crippen LogP contribution < -0.4 is 10.6 Å². The van der Waals surface area contributed by atoms with Gasteiger partial charge in [-0.1, -0.05) is 17.3 Å². The Morgan fingerprint density at radius 2 is 1.73 bits per heavy atom. The molecule has 0 bridgehead atoms. The molecule has 0 atom stereocenters. The van der Waals surface area contributed by atoms with Crippen molar-refractivity contribution in [3.63, 3.8) is 0 Å². The lowest BCUT2D eigenvalue weighted by molar-refractivity contribution is -0.127. The van der Waals surface area contributed by atoms with Crippen LogP contribution in [0, 0.1) is 0 Å². The molecular formula is C16H23N3O3. The van der Waals surface area contributed by atoms with Crippen molar-refractivity contribution in [1.29, 1.82) is 0 Å². The third-order valence-corrected chi connectivity index (χ3v) is 2.53. The van der Waals surface area contributed by atoms with Crippen LogP contribution in [0.15, 0.2) is 29.4 Å². The number of nitrogens with one attached hydrogen (secondary N) is 2. The number of hydrogen-bond donors (Lipinski definition) is 2. The second-order valence-corrected chi connectivity index (χ2v) is 6.01. The first kappa shape index (κ1) is 17.7. The number of benzene rings is 1. The summed E-state index contributed by atoms with van der Waals surface area (Å²) in [4.78, 5) is 27.6. The van der Waals surface area contributed by atoms with Crippen molar-refractivity contribution in [2.24, 2.45) is 5.16 Å². The second-order valence-electron chi connectivity index (χ2n) is 6.01. The molecule has 0 spiro atoms. The molecule has 1 aromatic rings. The Balaban J connectivity index is 2.54. The summed E-state index contributed by atoms with van der Waals surface area (Å²) in [7, 11) is 0. The average Bonchev–Trinajstić information content (AvgIpc) is 2.36. The average molecular weight is 305 g/mol. The molecule has 120 valence electrons. The van der Waals surface area contributed by atoms with Gasteiger partial charge in [-0.25, -0.2) is 0 Å². The predicted molar refractivity (Wildman–Crippen MR) is 86.8 cm³/mol. The van der Waals surface area contributed by atoms with Gasteiger partial charge in [-0.05, 0) is 45.4 Å². The summed E-state index contributed by atoms with van der Waals surface area (Å²) in [6, 6.07) is 7.20. The third kappa shape index (κ3) is 6.88. The number of carbonyl (C=O) groups is 2. The number of nitrogens with zero attached hydrogens (tertiary/aromatic N) is 1. The number of rotatable bonds is 5. The van der Waals surface area contributed by atoms with Crippen LogP contribution in [0.2, 0.25) is 0 Å². The van der Waals surface area contributed by atoms with Crippen LogP contribution in [0.3, 0.4) is 0 Å². The first-order valence-electron chi connectivity index (χ1n) is 7.03. The molecule has 2 N–H and O–H groups in total. The maximum Gasteiger partial charge on any atom is 0.261 e. The molecular weight excluding hydrogens is 282 g/mol. The largest absolute Gasteiger partial charge is 0.385 e. The van der Waals surface area contributed by atoms with E-state index in [0.29, 0.717) is 5.71 Å². The van der Waals surface area contributed by atoms with Crippen LogP contribution in [-0.4, -0.2) is 29.7 Å². The van der Waals surface area contributed by atoms with Gasteiger partial charge in [-0.2, -0.15) is 0 Å². The van der Waals surface area contributed by atoms with E-state index in [0.717, 1.165) is 11.3 Å². The van der Waals surface area contributed by atoms with Crippen molar-refractivity contribution in [1.82, 2.24) is 5.32 Å². The van der Waals surface area contributed by atoms with E-state index >= 15 is 0 Å². The summed E-state index contributed by atoms with van der Waals surface area (Å²) < 4.78 is 0. The number of amides is 2. The summed E-state index contributed by atoms with van der Waals surface area (Å²) in [6.45, 7) is 8.81. The highest BCUT2D eigenvalue weighted by atomic mass is 16.6. The predicted octanol–water partition coefficient (Wildman–Crippen LogP) is 2.30. The van der Waals surface area contributed by atoms with Crippen LogP contribution in [-0.2, 0) is 14.4 Å². The van der Waals surface area contributed by atoms with Gasteiger partial charge < -0.3 is 15.5 Å². The summed E-state index contributed by atoms with van der Waals surface area (Å²) in [5, 5.41) is 9.40. The van der Waals surface area contributed by atoms with E-state index in [1.165, 1.54) is 6.92 Å². The standard InChI is InChI=1S/C16H23N3O3/c1-11(19-22-10-15(21)18-16(3,4)5)13-6-8-14(9-7-13)17-12(2)20/h6-9H,10H2,1-5H3,(H,17,20)(H,18,21)/b19-11+. The maximum absolute atomic E-state index is 11.6. The van der Waals surface area contributed by atoms with Crippen LogP contribution in [0.25, 0.3) is 0 Å². The Morgan fingerprint density at radius 1 is 1.14 bits per heavy atom. The number of carbonyl (C=O) groups excluding carboxylic acids is 2. The topological polar surface area (TPSA) is 79.8 Å². The van der Waals surface area contributed by atoms with Crippen LogP contribution >= 0.6 is 0 Å². The third-order valence-electron chi connectivity index (χ3n) is 2.53. The van der Waals surface area contributed by atoms with Gasteiger partial charge in [0.15, 0.2) is 6.61 Å². The van der Waals surface area contributed by atoms with Crippen LogP contribution in [0.1, 0.15) is 40.2 Å². The zero-order valence-corrected chi connectivity index (χ0v) is 13.7. The smallest absolute Gasteiger partial charge is 0.261 e. The van der Waals surface area contributed by atoms with E-state index in [2.05, 4.69) is 15.8 Å². The molecule has 0 saturated carbocycles. The highest BCUT2D eigenvalue weighted by molar-refractivity contribution is 5.99. The maximum atomic E-state index is 11.6. The normalized spacial score (nSPS) is 11.8. The summed E-state index contributed by atoms with van der Waals surface area (Å²) in [5.74, 6) is -0.337. The number of anilines is 1. The summed E-state index contributed by atoms with van der Waals surface area (Å²) >= 11 is 0. The van der Waals surface area contributed by atoms with Gasteiger partial charge in [0.25, 0.3) is 5.91 Å². The monoisotopic (exact) mass is 305 g/mol. The zero-order valence-electron chi connectivity index (χ0n) is 13.7. The van der Waals surface area contributed by atoms with Gasteiger partial charge in [-0.3, -0.25) is 9.59 Å². The molecule has 1 rings (SSSR count). The van der Waals surface area contributed by atoms with Crippen molar-refractivity contribution < 1.29 is 14.4 Å². The van der Waals surface area contributed by atoms with Crippen molar-refractivity contribution in [3.05, 3.63) is 29.8 Å². The van der Waals surface area contributed by atoms with E-state index < -0.39 is 0 Å². The molecule has 0 aromatic heterocycles. The molecule has 0 unspecified atom stereocenters. The van der Waals surface area contributed by atoms with Gasteiger partial charge in [0.2, 0.25) is 5.91 Å². The molecule has 0 aliphatic carbocycles. The Kier molecular flexibility index (Phi) is 6.10. The fourth-order valence-electron chi connectivity index (χ4n) is 1.69. The zero-order chi connectivity index (χ0) is 16.8. The molecule has 2 amide bonds. The van der Waals surface area contributed by atoms with E-state index in [-0.39, 0.29) is 24.0 Å². The second kappa shape index (κ2) is 7.59. The van der Waals surface area contributed by atoms with Crippen molar-refractivity contribution >= 4 is 23.2 Å². The van der Waals surface area contributed by atoms with Gasteiger partial charge in [0.1, 0.15) is 0 Å². The fourth-order valence-corrected chi connectivity index (χ4v) is 1.69. The van der Waals surface area contributed by atoms with E-state index in [4.69, 9.17) is 4.84 Å². The SMILES string of the molecule is CC(=O)Nc1ccc(/C(C)=N/OCC(=O)NC(C)(C)C)cc1. The minimum atomic E-state index is -0.293. The van der Waals surface area contributed by atoms with Gasteiger partial charge in [0.05, 0.1) is 5.71 Å². The highest BCUT2D eigenvalue weighted by Gasteiger charge is 2.13. The van der Waals surface area contributed by atoms with Gasteiger partial charge in [-0.15, -0.1) is 0 Å². The summed E-state index contributed by atoms with van der Waals surface area (Å²) in [6.07, 6.45) is 0. The molecule has 22 heavy (non-hydrogen) atoms. The number of oxime groups is 1. The fraction of sp³-hybridized carbons (Fsp3) is 0.438. The molecule has 0 fully saturated rings. The molecule has 6 nitrogen and oxygen atoms in total.